The number of ether oxygens (including phenoxy) is 1. The topological polar surface area (TPSA) is 90.4 Å². The minimum Gasteiger partial charge on any atom is -0.444 e. The normalized spacial score (nSPS) is 11.5. The minimum atomic E-state index is -0.494. The summed E-state index contributed by atoms with van der Waals surface area (Å²) in [5.41, 5.74) is 12.9. The van der Waals surface area contributed by atoms with Gasteiger partial charge in [-0.1, -0.05) is 24.3 Å². The summed E-state index contributed by atoms with van der Waals surface area (Å²) in [4.78, 5) is 11.4. The Kier molecular flexibility index (Phi) is 4.80. The van der Waals surface area contributed by atoms with Gasteiger partial charge < -0.3 is 21.5 Å². The molecule has 0 heterocycles. The first-order valence-corrected chi connectivity index (χ1v) is 6.07. The molecule has 0 bridgehead atoms. The van der Waals surface area contributed by atoms with Crippen LogP contribution in [0.3, 0.4) is 0 Å². The summed E-state index contributed by atoms with van der Waals surface area (Å²) in [6.45, 7) is 5.81. The van der Waals surface area contributed by atoms with E-state index in [2.05, 4.69) is 5.32 Å². The van der Waals surface area contributed by atoms with Crippen molar-refractivity contribution in [3.8, 4) is 0 Å². The van der Waals surface area contributed by atoms with Crippen LogP contribution < -0.4 is 16.8 Å². The lowest BCUT2D eigenvalue weighted by Gasteiger charge is -2.19. The Morgan fingerprint density at radius 1 is 1.37 bits per heavy atom. The van der Waals surface area contributed by atoms with Crippen LogP contribution in [0.1, 0.15) is 26.3 Å². The summed E-state index contributed by atoms with van der Waals surface area (Å²) in [5.74, 6) is 0. The summed E-state index contributed by atoms with van der Waals surface area (Å²) in [6, 6.07) is 5.42. The maximum absolute atomic E-state index is 11.4. The number of amides is 1. The van der Waals surface area contributed by atoms with Crippen LogP contribution in [0.4, 0.5) is 16.2 Å². The van der Waals surface area contributed by atoms with Gasteiger partial charge in [0.25, 0.3) is 0 Å². The lowest BCUT2D eigenvalue weighted by atomic mass is 10.1. The number of nitrogen functional groups attached to an aromatic ring is 2. The highest BCUT2D eigenvalue weighted by molar-refractivity contribution is 5.76. The fourth-order valence-electron chi connectivity index (χ4n) is 1.39. The first-order chi connectivity index (χ1) is 8.79. The molecule has 104 valence electrons. The molecule has 1 amide bonds. The van der Waals surface area contributed by atoms with E-state index in [4.69, 9.17) is 16.2 Å². The largest absolute Gasteiger partial charge is 0.444 e. The molecular weight excluding hydrogens is 242 g/mol. The van der Waals surface area contributed by atoms with Crippen molar-refractivity contribution in [3.05, 3.63) is 29.8 Å². The molecule has 0 aliphatic carbocycles. The molecule has 0 aliphatic rings. The van der Waals surface area contributed by atoms with Gasteiger partial charge >= 0.3 is 6.09 Å². The van der Waals surface area contributed by atoms with E-state index in [1.165, 1.54) is 0 Å². The lowest BCUT2D eigenvalue weighted by Crippen LogP contribution is -2.32. The van der Waals surface area contributed by atoms with E-state index < -0.39 is 11.7 Å². The van der Waals surface area contributed by atoms with Crippen molar-refractivity contribution in [2.75, 3.05) is 18.0 Å². The summed E-state index contributed by atoms with van der Waals surface area (Å²) in [6.07, 6.45) is 3.15. The number of hydrogen-bond acceptors (Lipinski definition) is 4. The van der Waals surface area contributed by atoms with Gasteiger partial charge in [-0.25, -0.2) is 4.79 Å². The Bertz CT molecular complexity index is 476. The van der Waals surface area contributed by atoms with E-state index in [1.54, 1.807) is 12.1 Å². The van der Waals surface area contributed by atoms with E-state index >= 15 is 0 Å². The highest BCUT2D eigenvalue weighted by Crippen LogP contribution is 2.20. The highest BCUT2D eigenvalue weighted by Gasteiger charge is 2.14. The molecule has 1 rings (SSSR count). The fourth-order valence-corrected chi connectivity index (χ4v) is 1.39. The molecule has 0 atom stereocenters. The second-order valence-corrected chi connectivity index (χ2v) is 5.14. The van der Waals surface area contributed by atoms with Gasteiger partial charge in [0, 0.05) is 6.54 Å². The van der Waals surface area contributed by atoms with Gasteiger partial charge in [-0.3, -0.25) is 0 Å². The Hall–Kier alpha value is -2.17. The number of nitrogens with two attached hydrogens (primary N) is 2. The molecule has 0 aromatic heterocycles. The van der Waals surface area contributed by atoms with Gasteiger partial charge in [-0.15, -0.1) is 0 Å². The van der Waals surface area contributed by atoms with Gasteiger partial charge in [0.1, 0.15) is 5.60 Å². The van der Waals surface area contributed by atoms with E-state index in [1.807, 2.05) is 39.0 Å². The Morgan fingerprint density at radius 2 is 2.05 bits per heavy atom. The maximum atomic E-state index is 11.4. The first-order valence-electron chi connectivity index (χ1n) is 6.07. The second kappa shape index (κ2) is 6.13. The molecule has 0 radical (unpaired) electrons. The van der Waals surface area contributed by atoms with Crippen molar-refractivity contribution in [1.82, 2.24) is 5.32 Å². The molecule has 0 fully saturated rings. The SMILES string of the molecule is CC(C)(C)OC(=O)NCC=Cc1cccc(N)c1N. The van der Waals surface area contributed by atoms with Crippen LogP contribution in [-0.2, 0) is 4.74 Å². The molecule has 1 aromatic carbocycles. The molecule has 5 N–H and O–H groups in total. The van der Waals surface area contributed by atoms with Crippen molar-refractivity contribution in [3.63, 3.8) is 0 Å². The van der Waals surface area contributed by atoms with E-state index in [9.17, 15) is 4.79 Å². The van der Waals surface area contributed by atoms with Crippen molar-refractivity contribution >= 4 is 23.5 Å². The van der Waals surface area contributed by atoms with Crippen LogP contribution in [0.2, 0.25) is 0 Å². The van der Waals surface area contributed by atoms with Crippen LogP contribution in [-0.4, -0.2) is 18.2 Å². The van der Waals surface area contributed by atoms with Gasteiger partial charge in [0.05, 0.1) is 11.4 Å². The molecule has 1 aromatic rings. The third-order valence-corrected chi connectivity index (χ3v) is 2.23. The van der Waals surface area contributed by atoms with Gasteiger partial charge in [-0.05, 0) is 32.4 Å². The summed E-state index contributed by atoms with van der Waals surface area (Å²) < 4.78 is 5.10. The summed E-state index contributed by atoms with van der Waals surface area (Å²) in [5, 5.41) is 2.62. The molecule has 0 unspecified atom stereocenters. The zero-order valence-corrected chi connectivity index (χ0v) is 11.6. The monoisotopic (exact) mass is 263 g/mol. The second-order valence-electron chi connectivity index (χ2n) is 5.14. The molecule has 19 heavy (non-hydrogen) atoms. The molecule has 5 nitrogen and oxygen atoms in total. The zero-order chi connectivity index (χ0) is 14.5. The first kappa shape index (κ1) is 14.9. The van der Waals surface area contributed by atoms with Crippen LogP contribution in [0.5, 0.6) is 0 Å². The van der Waals surface area contributed by atoms with E-state index in [-0.39, 0.29) is 0 Å². The summed E-state index contributed by atoms with van der Waals surface area (Å²) in [7, 11) is 0. The Balaban J connectivity index is 2.47. The van der Waals surface area contributed by atoms with Gasteiger partial charge in [0.15, 0.2) is 0 Å². The van der Waals surface area contributed by atoms with Crippen LogP contribution in [0.25, 0.3) is 6.08 Å². The van der Waals surface area contributed by atoms with Crippen LogP contribution >= 0.6 is 0 Å². The van der Waals surface area contributed by atoms with Gasteiger partial charge in [0.2, 0.25) is 0 Å². The third kappa shape index (κ3) is 5.33. The zero-order valence-electron chi connectivity index (χ0n) is 11.6. The number of anilines is 2. The molecule has 0 aliphatic heterocycles. The molecular formula is C14H21N3O2. The van der Waals surface area contributed by atoms with Crippen LogP contribution in [0, 0.1) is 0 Å². The molecule has 0 spiro atoms. The van der Waals surface area contributed by atoms with E-state index in [0.717, 1.165) is 5.56 Å². The number of para-hydroxylation sites is 1. The average Bonchev–Trinajstić information content (AvgIpc) is 2.27. The van der Waals surface area contributed by atoms with Gasteiger partial charge in [-0.2, -0.15) is 0 Å². The number of carbonyl (C=O) groups excluding carboxylic acids is 1. The quantitative estimate of drug-likeness (QED) is 0.730. The predicted molar refractivity (Wildman–Crippen MR) is 78.5 cm³/mol. The lowest BCUT2D eigenvalue weighted by molar-refractivity contribution is 0.0534. The average molecular weight is 263 g/mol. The predicted octanol–water partition coefficient (Wildman–Crippen LogP) is 2.39. The maximum Gasteiger partial charge on any atom is 0.407 e. The van der Waals surface area contributed by atoms with E-state index in [0.29, 0.717) is 17.9 Å². The number of carbonyl (C=O) groups is 1. The van der Waals surface area contributed by atoms with Crippen molar-refractivity contribution in [1.29, 1.82) is 0 Å². The minimum absolute atomic E-state index is 0.364. The third-order valence-electron chi connectivity index (χ3n) is 2.23. The molecule has 5 heteroatoms. The van der Waals surface area contributed by atoms with Crippen molar-refractivity contribution in [2.45, 2.75) is 26.4 Å². The standard InChI is InChI=1S/C14H21N3O2/c1-14(2,3)19-13(18)17-9-5-7-10-6-4-8-11(15)12(10)16/h4-8H,9,15-16H2,1-3H3,(H,17,18). The number of alkyl carbamates (subject to hydrolysis) is 1. The number of nitrogens with one attached hydrogen (secondary N) is 1. The molecule has 0 saturated carbocycles. The number of rotatable bonds is 3. The smallest absolute Gasteiger partial charge is 0.407 e. The highest BCUT2D eigenvalue weighted by atomic mass is 16.6. The number of benzene rings is 1. The van der Waals surface area contributed by atoms with Crippen LogP contribution in [0.15, 0.2) is 24.3 Å². The summed E-state index contributed by atoms with van der Waals surface area (Å²) >= 11 is 0. The Labute approximate surface area is 113 Å². The fraction of sp³-hybridized carbons (Fsp3) is 0.357. The molecule has 0 saturated heterocycles. The van der Waals surface area contributed by atoms with Crippen molar-refractivity contribution < 1.29 is 9.53 Å². The van der Waals surface area contributed by atoms with Crippen molar-refractivity contribution in [2.24, 2.45) is 0 Å². The Morgan fingerprint density at radius 3 is 2.68 bits per heavy atom. The number of hydrogen-bond donors (Lipinski definition) is 3.